The zero-order valence-electron chi connectivity index (χ0n) is 13.5. The maximum absolute atomic E-state index is 12.7. The molecule has 1 aliphatic carbocycles. The lowest BCUT2D eigenvalue weighted by molar-refractivity contribution is -0.159. The van der Waals surface area contributed by atoms with Gasteiger partial charge in [-0.3, -0.25) is 9.59 Å². The number of nitrogens with one attached hydrogen (secondary N) is 1. The average Bonchev–Trinajstić information content (AvgIpc) is 3.29. The summed E-state index contributed by atoms with van der Waals surface area (Å²) in [5.74, 6) is 0.375. The van der Waals surface area contributed by atoms with E-state index in [1.165, 1.54) is 0 Å². The minimum Gasteiger partial charge on any atom is -0.380 e. The second-order valence-electron chi connectivity index (χ2n) is 6.34. The molecule has 1 N–H and O–H groups in total. The van der Waals surface area contributed by atoms with Crippen molar-refractivity contribution in [3.63, 3.8) is 0 Å². The molecule has 1 saturated heterocycles. The summed E-state index contributed by atoms with van der Waals surface area (Å²) in [6, 6.07) is -0.361. The van der Waals surface area contributed by atoms with E-state index < -0.39 is 5.54 Å². The van der Waals surface area contributed by atoms with Crippen LogP contribution in [-0.4, -0.2) is 48.1 Å². The lowest BCUT2D eigenvalue weighted by Crippen LogP contribution is -2.70. The van der Waals surface area contributed by atoms with Gasteiger partial charge in [0.2, 0.25) is 11.8 Å². The van der Waals surface area contributed by atoms with Crippen LogP contribution in [0.5, 0.6) is 0 Å². The van der Waals surface area contributed by atoms with E-state index in [9.17, 15) is 9.59 Å². The first-order valence-electron chi connectivity index (χ1n) is 8.25. The van der Waals surface area contributed by atoms with E-state index in [0.29, 0.717) is 32.1 Å². The highest BCUT2D eigenvalue weighted by Gasteiger charge is 2.56. The van der Waals surface area contributed by atoms with Crippen LogP contribution < -0.4 is 5.32 Å². The minimum atomic E-state index is -0.684. The largest absolute Gasteiger partial charge is 0.380 e. The first kappa shape index (κ1) is 16.3. The summed E-state index contributed by atoms with van der Waals surface area (Å²) in [6.07, 6.45) is 4.62. The summed E-state index contributed by atoms with van der Waals surface area (Å²) >= 11 is 0. The number of carbonyl (C=O) groups is 2. The molecule has 0 aromatic heterocycles. The van der Waals surface area contributed by atoms with Gasteiger partial charge in [-0.25, -0.2) is 0 Å². The number of piperazine rings is 1. The first-order valence-corrected chi connectivity index (χ1v) is 8.25. The second kappa shape index (κ2) is 6.77. The van der Waals surface area contributed by atoms with E-state index in [4.69, 9.17) is 4.74 Å². The molecule has 2 fully saturated rings. The number of nitrogens with zero attached hydrogens (tertiary/aromatic N) is 1. The van der Waals surface area contributed by atoms with Crippen LogP contribution in [0.4, 0.5) is 0 Å². The molecule has 0 bridgehead atoms. The predicted molar refractivity (Wildman–Crippen MR) is 80.8 cm³/mol. The van der Waals surface area contributed by atoms with E-state index in [-0.39, 0.29) is 17.9 Å². The second-order valence-corrected chi connectivity index (χ2v) is 6.34. The smallest absolute Gasteiger partial charge is 0.246 e. The molecular formula is C16H28N2O3. The number of hydrogen-bond donors (Lipinski definition) is 1. The molecule has 0 aromatic carbocycles. The van der Waals surface area contributed by atoms with Crippen molar-refractivity contribution in [1.82, 2.24) is 10.2 Å². The summed E-state index contributed by atoms with van der Waals surface area (Å²) in [5.41, 5.74) is -0.684. The molecule has 0 aromatic rings. The molecule has 0 radical (unpaired) electrons. The van der Waals surface area contributed by atoms with Crippen LogP contribution in [0.2, 0.25) is 0 Å². The SMILES string of the molecule is CCCOCCN1C(=O)C(CCC)NC(=O)C1(C)C1CC1. The number of hydrogen-bond acceptors (Lipinski definition) is 3. The van der Waals surface area contributed by atoms with Crippen LogP contribution >= 0.6 is 0 Å². The van der Waals surface area contributed by atoms with Gasteiger partial charge < -0.3 is 15.0 Å². The fourth-order valence-electron chi connectivity index (χ4n) is 3.19. The monoisotopic (exact) mass is 296 g/mol. The van der Waals surface area contributed by atoms with Gasteiger partial charge in [0, 0.05) is 13.2 Å². The van der Waals surface area contributed by atoms with E-state index in [1.807, 2.05) is 13.8 Å². The lowest BCUT2D eigenvalue weighted by Gasteiger charge is -2.46. The van der Waals surface area contributed by atoms with Crippen molar-refractivity contribution >= 4 is 11.8 Å². The Labute approximate surface area is 127 Å². The molecule has 21 heavy (non-hydrogen) atoms. The molecular weight excluding hydrogens is 268 g/mol. The van der Waals surface area contributed by atoms with Gasteiger partial charge >= 0.3 is 0 Å². The van der Waals surface area contributed by atoms with Crippen LogP contribution in [0, 0.1) is 5.92 Å². The molecule has 2 amide bonds. The Morgan fingerprint density at radius 2 is 1.95 bits per heavy atom. The van der Waals surface area contributed by atoms with Gasteiger partial charge in [0.25, 0.3) is 0 Å². The van der Waals surface area contributed by atoms with E-state index >= 15 is 0 Å². The minimum absolute atomic E-state index is 0.0125. The molecule has 5 heteroatoms. The maximum Gasteiger partial charge on any atom is 0.246 e. The normalized spacial score (nSPS) is 29.7. The van der Waals surface area contributed by atoms with Crippen molar-refractivity contribution in [2.45, 2.75) is 64.5 Å². The van der Waals surface area contributed by atoms with Crippen LogP contribution in [0.1, 0.15) is 52.9 Å². The van der Waals surface area contributed by atoms with Gasteiger partial charge in [0.05, 0.1) is 6.61 Å². The van der Waals surface area contributed by atoms with Crippen LogP contribution in [0.15, 0.2) is 0 Å². The molecule has 2 atom stereocenters. The molecule has 1 saturated carbocycles. The van der Waals surface area contributed by atoms with Gasteiger partial charge in [0.15, 0.2) is 0 Å². The highest BCUT2D eigenvalue weighted by atomic mass is 16.5. The van der Waals surface area contributed by atoms with Crippen molar-refractivity contribution in [2.75, 3.05) is 19.8 Å². The Morgan fingerprint density at radius 3 is 2.52 bits per heavy atom. The predicted octanol–water partition coefficient (Wildman–Crippen LogP) is 1.71. The van der Waals surface area contributed by atoms with Gasteiger partial charge in [0.1, 0.15) is 11.6 Å². The fourth-order valence-corrected chi connectivity index (χ4v) is 3.19. The van der Waals surface area contributed by atoms with E-state index in [2.05, 4.69) is 12.2 Å². The Bertz CT molecular complexity index is 395. The van der Waals surface area contributed by atoms with E-state index in [0.717, 1.165) is 25.7 Å². The van der Waals surface area contributed by atoms with Gasteiger partial charge in [-0.15, -0.1) is 0 Å². The van der Waals surface area contributed by atoms with Gasteiger partial charge in [-0.05, 0) is 38.5 Å². The van der Waals surface area contributed by atoms with Crippen LogP contribution in [0.3, 0.4) is 0 Å². The van der Waals surface area contributed by atoms with Crippen LogP contribution in [-0.2, 0) is 14.3 Å². The summed E-state index contributed by atoms with van der Waals surface area (Å²) in [4.78, 5) is 27.1. The maximum atomic E-state index is 12.7. The Balaban J connectivity index is 2.10. The quantitative estimate of drug-likeness (QED) is 0.694. The summed E-state index contributed by atoms with van der Waals surface area (Å²) in [5, 5.41) is 2.94. The third kappa shape index (κ3) is 3.23. The average molecular weight is 296 g/mol. The fraction of sp³-hybridized carbons (Fsp3) is 0.875. The third-order valence-electron chi connectivity index (χ3n) is 4.65. The highest BCUT2D eigenvalue weighted by molar-refractivity contribution is 6.00. The first-order chi connectivity index (χ1) is 10.1. The summed E-state index contributed by atoms with van der Waals surface area (Å²) < 4.78 is 5.53. The zero-order chi connectivity index (χ0) is 15.5. The molecule has 2 aliphatic rings. The number of carbonyl (C=O) groups excluding carboxylic acids is 2. The molecule has 1 heterocycles. The molecule has 5 nitrogen and oxygen atoms in total. The zero-order valence-corrected chi connectivity index (χ0v) is 13.5. The number of amides is 2. The standard InChI is InChI=1S/C16H28N2O3/c1-4-6-13-14(19)18(9-11-21-10-5-2)16(3,12-7-8-12)15(20)17-13/h12-13H,4-11H2,1-3H3,(H,17,20). The van der Waals surface area contributed by atoms with Crippen LogP contribution in [0.25, 0.3) is 0 Å². The Morgan fingerprint density at radius 1 is 1.24 bits per heavy atom. The van der Waals surface area contributed by atoms with E-state index in [1.54, 1.807) is 4.90 Å². The van der Waals surface area contributed by atoms with Crippen molar-refractivity contribution in [2.24, 2.45) is 5.92 Å². The topological polar surface area (TPSA) is 58.6 Å². The molecule has 2 rings (SSSR count). The molecule has 1 aliphatic heterocycles. The third-order valence-corrected chi connectivity index (χ3v) is 4.65. The molecule has 0 spiro atoms. The van der Waals surface area contributed by atoms with Crippen molar-refractivity contribution in [3.8, 4) is 0 Å². The summed E-state index contributed by atoms with van der Waals surface area (Å²) in [6.45, 7) is 7.73. The Kier molecular flexibility index (Phi) is 5.25. The Hall–Kier alpha value is -1.10. The van der Waals surface area contributed by atoms with Crippen molar-refractivity contribution < 1.29 is 14.3 Å². The number of ether oxygens (including phenoxy) is 1. The number of rotatable bonds is 8. The van der Waals surface area contributed by atoms with Gasteiger partial charge in [-0.2, -0.15) is 0 Å². The highest BCUT2D eigenvalue weighted by Crippen LogP contribution is 2.44. The molecule has 120 valence electrons. The van der Waals surface area contributed by atoms with Crippen molar-refractivity contribution in [3.05, 3.63) is 0 Å². The van der Waals surface area contributed by atoms with Gasteiger partial charge in [-0.1, -0.05) is 20.3 Å². The summed E-state index contributed by atoms with van der Waals surface area (Å²) in [7, 11) is 0. The van der Waals surface area contributed by atoms with Crippen molar-refractivity contribution in [1.29, 1.82) is 0 Å². The lowest BCUT2D eigenvalue weighted by atomic mass is 9.87. The molecule has 2 unspecified atom stereocenters.